The fraction of sp³-hybridized carbons (Fsp3) is 0.176. The summed E-state index contributed by atoms with van der Waals surface area (Å²) in [4.78, 5) is 0. The lowest BCUT2D eigenvalue weighted by Gasteiger charge is -2.30. The maximum absolute atomic E-state index is 11.1. The normalized spacial score (nSPS) is 13.8. The highest BCUT2D eigenvalue weighted by atomic mass is 16.3. The van der Waals surface area contributed by atoms with E-state index in [1.54, 1.807) is 30.3 Å². The van der Waals surface area contributed by atoms with Gasteiger partial charge in [-0.05, 0) is 24.1 Å². The zero-order valence-corrected chi connectivity index (χ0v) is 11.0. The Balaban J connectivity index is 2.65. The number of aryl methyl sites for hydroxylation is 1. The SMILES string of the molecule is C=CC[C@](O)(c1ccccc1C)c1ccccc1O. The molecule has 0 aliphatic heterocycles. The second-order valence-electron chi connectivity index (χ2n) is 4.69. The van der Waals surface area contributed by atoms with Crippen molar-refractivity contribution in [3.8, 4) is 5.75 Å². The van der Waals surface area contributed by atoms with Crippen molar-refractivity contribution in [3.63, 3.8) is 0 Å². The lowest BCUT2D eigenvalue weighted by atomic mass is 9.81. The van der Waals surface area contributed by atoms with Crippen LogP contribution in [0.25, 0.3) is 0 Å². The fourth-order valence-electron chi connectivity index (χ4n) is 2.43. The van der Waals surface area contributed by atoms with Gasteiger partial charge in [0.25, 0.3) is 0 Å². The zero-order chi connectivity index (χ0) is 13.9. The molecule has 0 aliphatic rings. The number of phenols is 1. The molecule has 0 saturated carbocycles. The molecular formula is C17H18O2. The predicted octanol–water partition coefficient (Wildman–Crippen LogP) is 3.51. The molecule has 19 heavy (non-hydrogen) atoms. The topological polar surface area (TPSA) is 40.5 Å². The summed E-state index contributed by atoms with van der Waals surface area (Å²) in [7, 11) is 0. The molecule has 0 bridgehead atoms. The minimum atomic E-state index is -1.25. The first-order valence-corrected chi connectivity index (χ1v) is 6.27. The highest BCUT2D eigenvalue weighted by Gasteiger charge is 2.33. The first-order chi connectivity index (χ1) is 9.09. The van der Waals surface area contributed by atoms with Crippen LogP contribution in [0.15, 0.2) is 61.2 Å². The summed E-state index contributed by atoms with van der Waals surface area (Å²) in [6, 6.07) is 14.5. The maximum Gasteiger partial charge on any atom is 0.122 e. The third-order valence-electron chi connectivity index (χ3n) is 3.38. The van der Waals surface area contributed by atoms with Crippen molar-refractivity contribution in [1.29, 1.82) is 0 Å². The Hall–Kier alpha value is -2.06. The van der Waals surface area contributed by atoms with E-state index in [1.807, 2.05) is 31.2 Å². The van der Waals surface area contributed by atoms with E-state index < -0.39 is 5.60 Å². The molecule has 0 unspecified atom stereocenters. The summed E-state index contributed by atoms with van der Waals surface area (Å²) in [5, 5.41) is 21.1. The molecule has 2 N–H and O–H groups in total. The number of benzene rings is 2. The van der Waals surface area contributed by atoms with Crippen LogP contribution in [0.2, 0.25) is 0 Å². The number of aromatic hydroxyl groups is 1. The van der Waals surface area contributed by atoms with Gasteiger partial charge in [-0.15, -0.1) is 6.58 Å². The van der Waals surface area contributed by atoms with Crippen LogP contribution < -0.4 is 0 Å². The number of para-hydroxylation sites is 1. The van der Waals surface area contributed by atoms with Crippen LogP contribution in [0.4, 0.5) is 0 Å². The van der Waals surface area contributed by atoms with E-state index >= 15 is 0 Å². The second-order valence-corrected chi connectivity index (χ2v) is 4.69. The third kappa shape index (κ3) is 2.40. The molecule has 0 fully saturated rings. The Labute approximate surface area is 113 Å². The molecule has 2 aromatic rings. The smallest absolute Gasteiger partial charge is 0.122 e. The Morgan fingerprint density at radius 2 is 1.63 bits per heavy atom. The van der Waals surface area contributed by atoms with Crippen molar-refractivity contribution in [3.05, 3.63) is 77.9 Å². The van der Waals surface area contributed by atoms with Crippen LogP contribution in [0.1, 0.15) is 23.1 Å². The fourth-order valence-corrected chi connectivity index (χ4v) is 2.43. The third-order valence-corrected chi connectivity index (χ3v) is 3.38. The van der Waals surface area contributed by atoms with Gasteiger partial charge >= 0.3 is 0 Å². The summed E-state index contributed by atoms with van der Waals surface area (Å²) in [6.07, 6.45) is 2.01. The molecule has 98 valence electrons. The van der Waals surface area contributed by atoms with Gasteiger partial charge in [0.05, 0.1) is 0 Å². The Morgan fingerprint density at radius 1 is 1.05 bits per heavy atom. The van der Waals surface area contributed by atoms with Gasteiger partial charge < -0.3 is 10.2 Å². The van der Waals surface area contributed by atoms with Crippen LogP contribution in [0, 0.1) is 6.92 Å². The molecule has 2 nitrogen and oxygen atoms in total. The van der Waals surface area contributed by atoms with Gasteiger partial charge in [-0.25, -0.2) is 0 Å². The molecule has 1 atom stereocenters. The van der Waals surface area contributed by atoms with Gasteiger partial charge in [0, 0.05) is 12.0 Å². The van der Waals surface area contributed by atoms with Crippen molar-refractivity contribution in [2.75, 3.05) is 0 Å². The standard InChI is InChI=1S/C17H18O2/c1-3-12-17(19,14-9-5-4-8-13(14)2)15-10-6-7-11-16(15)18/h3-11,18-19H,1,12H2,2H3/t17-/m0/s1. The maximum atomic E-state index is 11.1. The summed E-state index contributed by atoms with van der Waals surface area (Å²) >= 11 is 0. The second kappa shape index (κ2) is 5.29. The van der Waals surface area contributed by atoms with Crippen LogP contribution >= 0.6 is 0 Å². The highest BCUT2D eigenvalue weighted by Crippen LogP contribution is 2.39. The van der Waals surface area contributed by atoms with E-state index in [1.165, 1.54) is 0 Å². The van der Waals surface area contributed by atoms with Crippen LogP contribution in [0.5, 0.6) is 5.75 Å². The monoisotopic (exact) mass is 254 g/mol. The highest BCUT2D eigenvalue weighted by molar-refractivity contribution is 5.46. The molecular weight excluding hydrogens is 236 g/mol. The minimum Gasteiger partial charge on any atom is -0.508 e. The van der Waals surface area contributed by atoms with Gasteiger partial charge in [0.1, 0.15) is 11.4 Å². The van der Waals surface area contributed by atoms with E-state index in [0.29, 0.717) is 12.0 Å². The molecule has 0 amide bonds. The lowest BCUT2D eigenvalue weighted by Crippen LogP contribution is -2.27. The van der Waals surface area contributed by atoms with Crippen molar-refractivity contribution >= 4 is 0 Å². The molecule has 0 saturated heterocycles. The first-order valence-electron chi connectivity index (χ1n) is 6.27. The van der Waals surface area contributed by atoms with Crippen LogP contribution in [-0.2, 0) is 5.60 Å². The van der Waals surface area contributed by atoms with Crippen molar-refractivity contribution < 1.29 is 10.2 Å². The van der Waals surface area contributed by atoms with Gasteiger partial charge in [0.2, 0.25) is 0 Å². The zero-order valence-electron chi connectivity index (χ0n) is 11.0. The molecule has 2 heteroatoms. The van der Waals surface area contributed by atoms with Crippen molar-refractivity contribution in [1.82, 2.24) is 0 Å². The molecule has 0 heterocycles. The van der Waals surface area contributed by atoms with Gasteiger partial charge in [-0.1, -0.05) is 48.5 Å². The van der Waals surface area contributed by atoms with Gasteiger partial charge in [0.15, 0.2) is 0 Å². The van der Waals surface area contributed by atoms with E-state index in [4.69, 9.17) is 0 Å². The molecule has 0 radical (unpaired) electrons. The van der Waals surface area contributed by atoms with Crippen molar-refractivity contribution in [2.24, 2.45) is 0 Å². The number of hydrogen-bond donors (Lipinski definition) is 2. The van der Waals surface area contributed by atoms with Crippen LogP contribution in [0.3, 0.4) is 0 Å². The van der Waals surface area contributed by atoms with E-state index in [9.17, 15) is 10.2 Å². The van der Waals surface area contributed by atoms with Gasteiger partial charge in [-0.3, -0.25) is 0 Å². The Bertz CT molecular complexity index is 542. The number of hydrogen-bond acceptors (Lipinski definition) is 2. The molecule has 0 aliphatic carbocycles. The molecule has 2 rings (SSSR count). The number of phenolic OH excluding ortho intramolecular Hbond substituents is 1. The van der Waals surface area contributed by atoms with E-state index in [-0.39, 0.29) is 5.75 Å². The Morgan fingerprint density at radius 3 is 2.21 bits per heavy atom. The predicted molar refractivity (Wildman–Crippen MR) is 77.1 cm³/mol. The first kappa shape index (κ1) is 13.4. The number of rotatable bonds is 4. The summed E-state index contributed by atoms with van der Waals surface area (Å²) in [5.41, 5.74) is 1.02. The molecule has 2 aromatic carbocycles. The summed E-state index contributed by atoms with van der Waals surface area (Å²) in [6.45, 7) is 5.66. The largest absolute Gasteiger partial charge is 0.508 e. The quantitative estimate of drug-likeness (QED) is 0.820. The van der Waals surface area contributed by atoms with E-state index in [0.717, 1.165) is 11.1 Å². The average molecular weight is 254 g/mol. The van der Waals surface area contributed by atoms with Crippen molar-refractivity contribution in [2.45, 2.75) is 18.9 Å². The lowest BCUT2D eigenvalue weighted by molar-refractivity contribution is 0.0807. The average Bonchev–Trinajstić information content (AvgIpc) is 2.39. The minimum absolute atomic E-state index is 0.0927. The molecule has 0 aromatic heterocycles. The Kier molecular flexibility index (Phi) is 3.72. The van der Waals surface area contributed by atoms with E-state index in [2.05, 4.69) is 6.58 Å². The summed E-state index contributed by atoms with van der Waals surface area (Å²) < 4.78 is 0. The number of aliphatic hydroxyl groups is 1. The summed E-state index contributed by atoms with van der Waals surface area (Å²) in [5.74, 6) is 0.0927. The molecule has 0 spiro atoms. The van der Waals surface area contributed by atoms with Gasteiger partial charge in [-0.2, -0.15) is 0 Å². The van der Waals surface area contributed by atoms with Crippen LogP contribution in [-0.4, -0.2) is 10.2 Å².